The van der Waals surface area contributed by atoms with Gasteiger partial charge in [-0.2, -0.15) is 0 Å². The molecule has 5 aliphatic rings. The maximum absolute atomic E-state index is 13.2. The van der Waals surface area contributed by atoms with E-state index in [1.165, 1.54) is 0 Å². The molecule has 1 aliphatic heterocycles. The molecule has 0 radical (unpaired) electrons. The summed E-state index contributed by atoms with van der Waals surface area (Å²) in [7, 11) is 0. The monoisotopic (exact) mass is 541 g/mol. The van der Waals surface area contributed by atoms with Crippen molar-refractivity contribution in [3.05, 3.63) is 40.6 Å². The highest BCUT2D eigenvalue weighted by Crippen LogP contribution is 2.54. The molecule has 2 aromatic rings. The number of nitrogens with zero attached hydrogens (tertiary/aromatic N) is 2. The predicted molar refractivity (Wildman–Crippen MR) is 123 cm³/mol. The summed E-state index contributed by atoms with van der Waals surface area (Å²) >= 11 is 6.02. The number of carbonyl (C=O) groups excluding carboxylic acids is 1. The first-order valence-corrected chi connectivity index (χ1v) is 13.0. The highest BCUT2D eigenvalue weighted by Gasteiger charge is 2.53. The highest BCUT2D eigenvalue weighted by molar-refractivity contribution is 6.30. The third kappa shape index (κ3) is 4.70. The van der Waals surface area contributed by atoms with Gasteiger partial charge in [0.05, 0.1) is 12.2 Å². The van der Waals surface area contributed by atoms with Crippen LogP contribution in [-0.2, 0) is 14.9 Å². The third-order valence-corrected chi connectivity index (χ3v) is 8.84. The van der Waals surface area contributed by atoms with Crippen LogP contribution in [0.25, 0.3) is 0 Å². The fourth-order valence-electron chi connectivity index (χ4n) is 6.28. The lowest BCUT2D eigenvalue weighted by Gasteiger charge is -2.52. The molecular weight excluding hydrogens is 515 g/mol. The smallest absolute Gasteiger partial charge is 0.480 e. The number of nitrogens with one attached hydrogen (secondary N) is 1. The van der Waals surface area contributed by atoms with Crippen LogP contribution in [0.15, 0.2) is 22.6 Å². The first-order valence-electron chi connectivity index (χ1n) is 12.6. The zero-order valence-corrected chi connectivity index (χ0v) is 20.6. The summed E-state index contributed by atoms with van der Waals surface area (Å²) < 4.78 is 53.1. The minimum atomic E-state index is -4.64. The summed E-state index contributed by atoms with van der Waals surface area (Å²) in [5, 5.41) is 22.7. The lowest BCUT2D eigenvalue weighted by atomic mass is 9.57. The second-order valence-electron chi connectivity index (χ2n) is 10.9. The SMILES string of the molecule is O=C(NC12CCC(c3nnc(C4CC(OC(F)(F)F)C4)o3)(CC1)CC2)[C@@H]1C[C@H](O)c2cc(Cl)ccc2O1. The second-order valence-corrected chi connectivity index (χ2v) is 11.3. The number of aromatic nitrogens is 2. The highest BCUT2D eigenvalue weighted by atomic mass is 35.5. The van der Waals surface area contributed by atoms with E-state index in [0.29, 0.717) is 28.1 Å². The molecule has 0 saturated heterocycles. The van der Waals surface area contributed by atoms with Crippen LogP contribution in [0.2, 0.25) is 5.02 Å². The quantitative estimate of drug-likeness (QED) is 0.557. The van der Waals surface area contributed by atoms with Gasteiger partial charge < -0.3 is 19.6 Å². The summed E-state index contributed by atoms with van der Waals surface area (Å²) in [6.45, 7) is 0. The van der Waals surface area contributed by atoms with Crippen LogP contribution in [-0.4, -0.2) is 45.3 Å². The molecule has 8 nitrogen and oxygen atoms in total. The van der Waals surface area contributed by atoms with Crippen LogP contribution in [0, 0.1) is 0 Å². The lowest BCUT2D eigenvalue weighted by Crippen LogP contribution is -2.60. The Balaban J connectivity index is 1.06. The molecule has 4 aliphatic carbocycles. The standard InChI is InChI=1S/C25H27ClF3N3O5/c26-14-1-2-18-16(11-14)17(33)12-19(35-18)20(34)30-24-6-3-23(4-7-24,5-8-24)22-32-31-21(36-22)13-9-15(10-13)37-25(27,28)29/h1-2,11,13,15,17,19,33H,3-10,12H2,(H,30,34)/t13?,15?,17-,19-,23?,24?/m0/s1. The number of hydrogen-bond donors (Lipinski definition) is 2. The molecule has 1 aromatic carbocycles. The van der Waals surface area contributed by atoms with Crippen LogP contribution in [0.1, 0.15) is 87.2 Å². The summed E-state index contributed by atoms with van der Waals surface area (Å²) in [5.74, 6) is 0.910. The minimum absolute atomic E-state index is 0.153. The lowest BCUT2D eigenvalue weighted by molar-refractivity contribution is -0.352. The zero-order valence-electron chi connectivity index (χ0n) is 19.9. The normalized spacial score (nSPS) is 34.8. The Morgan fingerprint density at radius 3 is 2.49 bits per heavy atom. The molecular formula is C25H27ClF3N3O5. The summed E-state index contributed by atoms with van der Waals surface area (Å²) in [5.41, 5.74) is -0.0510. The van der Waals surface area contributed by atoms with Crippen molar-refractivity contribution in [1.29, 1.82) is 0 Å². The van der Waals surface area contributed by atoms with E-state index < -0.39 is 24.7 Å². The molecule has 200 valence electrons. The van der Waals surface area contributed by atoms with E-state index >= 15 is 0 Å². The van der Waals surface area contributed by atoms with Crippen molar-refractivity contribution in [3.8, 4) is 5.75 Å². The number of aliphatic hydroxyl groups is 1. The van der Waals surface area contributed by atoms with Crippen LogP contribution in [0.3, 0.4) is 0 Å². The van der Waals surface area contributed by atoms with E-state index in [9.17, 15) is 23.1 Å². The number of fused-ring (bicyclic) bond motifs is 4. The van der Waals surface area contributed by atoms with Crippen LogP contribution >= 0.6 is 11.6 Å². The van der Waals surface area contributed by atoms with Crippen LogP contribution in [0.4, 0.5) is 13.2 Å². The first kappa shape index (κ1) is 24.9. The molecule has 1 aromatic heterocycles. The molecule has 2 bridgehead atoms. The van der Waals surface area contributed by atoms with Gasteiger partial charge in [0.1, 0.15) is 5.75 Å². The molecule has 4 saturated carbocycles. The molecule has 0 unspecified atom stereocenters. The molecule has 1 amide bonds. The fourth-order valence-corrected chi connectivity index (χ4v) is 6.46. The Morgan fingerprint density at radius 2 is 1.81 bits per heavy atom. The summed E-state index contributed by atoms with van der Waals surface area (Å²) in [6.07, 6.45) is -2.07. The second kappa shape index (κ2) is 8.84. The number of rotatable bonds is 5. The van der Waals surface area contributed by atoms with Gasteiger partial charge in [0.2, 0.25) is 11.8 Å². The van der Waals surface area contributed by atoms with E-state index in [1.54, 1.807) is 18.2 Å². The van der Waals surface area contributed by atoms with E-state index in [-0.39, 0.29) is 42.0 Å². The number of benzene rings is 1. The topological polar surface area (TPSA) is 107 Å². The minimum Gasteiger partial charge on any atom is -0.480 e. The van der Waals surface area contributed by atoms with E-state index in [1.807, 2.05) is 0 Å². The van der Waals surface area contributed by atoms with Crippen molar-refractivity contribution in [1.82, 2.24) is 15.5 Å². The molecule has 2 atom stereocenters. The van der Waals surface area contributed by atoms with Crippen molar-refractivity contribution < 1.29 is 37.0 Å². The molecule has 12 heteroatoms. The van der Waals surface area contributed by atoms with Crippen LogP contribution < -0.4 is 10.1 Å². The van der Waals surface area contributed by atoms with Crippen LogP contribution in [0.5, 0.6) is 5.75 Å². The van der Waals surface area contributed by atoms with Crippen molar-refractivity contribution >= 4 is 17.5 Å². The number of hydrogen-bond acceptors (Lipinski definition) is 7. The van der Waals surface area contributed by atoms with Gasteiger partial charge in [0, 0.05) is 33.9 Å². The number of aliphatic hydroxyl groups excluding tert-OH is 1. The molecule has 0 spiro atoms. The molecule has 37 heavy (non-hydrogen) atoms. The van der Waals surface area contributed by atoms with Gasteiger partial charge in [-0.05, 0) is 69.6 Å². The van der Waals surface area contributed by atoms with Gasteiger partial charge in [-0.25, -0.2) is 0 Å². The molecule has 2 N–H and O–H groups in total. The van der Waals surface area contributed by atoms with Gasteiger partial charge in [-0.3, -0.25) is 9.53 Å². The zero-order chi connectivity index (χ0) is 26.0. The number of amides is 1. The number of alkyl halides is 3. The molecule has 4 fully saturated rings. The average molecular weight is 542 g/mol. The Kier molecular flexibility index (Phi) is 5.96. The van der Waals surface area contributed by atoms with E-state index in [0.717, 1.165) is 38.5 Å². The largest absolute Gasteiger partial charge is 0.522 e. The van der Waals surface area contributed by atoms with Gasteiger partial charge in [-0.15, -0.1) is 23.4 Å². The third-order valence-electron chi connectivity index (χ3n) is 8.60. The summed E-state index contributed by atoms with van der Waals surface area (Å²) in [6, 6.07) is 4.98. The van der Waals surface area contributed by atoms with Gasteiger partial charge in [0.15, 0.2) is 6.10 Å². The maximum atomic E-state index is 13.2. The number of halogens is 4. The van der Waals surface area contributed by atoms with Gasteiger partial charge in [-0.1, -0.05) is 11.6 Å². The fraction of sp³-hybridized carbons (Fsp3) is 0.640. The predicted octanol–water partition coefficient (Wildman–Crippen LogP) is 4.85. The Bertz CT molecular complexity index is 1170. The molecule has 2 heterocycles. The average Bonchev–Trinajstić information content (AvgIpc) is 3.32. The van der Waals surface area contributed by atoms with Crippen molar-refractivity contribution in [3.63, 3.8) is 0 Å². The Hall–Kier alpha value is -2.37. The van der Waals surface area contributed by atoms with Gasteiger partial charge in [0.25, 0.3) is 5.91 Å². The van der Waals surface area contributed by atoms with E-state index in [4.69, 9.17) is 20.8 Å². The Labute approximate surface area is 215 Å². The van der Waals surface area contributed by atoms with Crippen molar-refractivity contribution in [2.24, 2.45) is 0 Å². The van der Waals surface area contributed by atoms with E-state index in [2.05, 4.69) is 20.3 Å². The maximum Gasteiger partial charge on any atom is 0.522 e. The summed E-state index contributed by atoms with van der Waals surface area (Å²) in [4.78, 5) is 13.2. The molecule has 7 rings (SSSR count). The van der Waals surface area contributed by atoms with Gasteiger partial charge >= 0.3 is 6.36 Å². The Morgan fingerprint density at radius 1 is 1.11 bits per heavy atom. The number of carbonyl (C=O) groups is 1. The first-order chi connectivity index (χ1) is 17.5. The number of ether oxygens (including phenoxy) is 2. The van der Waals surface area contributed by atoms with Crippen molar-refractivity contribution in [2.45, 2.75) is 99.3 Å². The van der Waals surface area contributed by atoms with Crippen molar-refractivity contribution in [2.75, 3.05) is 0 Å².